The molecule has 52 valence electrons. The quantitative estimate of drug-likeness (QED) is 0.668. The van der Waals surface area contributed by atoms with Gasteiger partial charge in [0.05, 0.1) is 33.3 Å². The molecule has 1 aliphatic heterocycles. The molecule has 0 amide bonds. The van der Waals surface area contributed by atoms with Gasteiger partial charge in [0.1, 0.15) is 0 Å². The van der Waals surface area contributed by atoms with Gasteiger partial charge in [-0.25, -0.2) is 4.99 Å². The molecule has 1 heterocycles. The third kappa shape index (κ3) is 1.69. The molecule has 0 spiro atoms. The summed E-state index contributed by atoms with van der Waals surface area (Å²) >= 11 is 3.49. The van der Waals surface area contributed by atoms with Crippen molar-refractivity contribution in [2.75, 3.05) is 0 Å². The van der Waals surface area contributed by atoms with Crippen molar-refractivity contribution in [2.45, 2.75) is 0 Å². The summed E-state index contributed by atoms with van der Waals surface area (Å²) in [5.41, 5.74) is 1.77. The number of rotatable bonds is 1. The van der Waals surface area contributed by atoms with E-state index < -0.39 is 0 Å². The Labute approximate surface area is 77.7 Å². The van der Waals surface area contributed by atoms with Crippen LogP contribution in [0.2, 0.25) is 0 Å². The van der Waals surface area contributed by atoms with Gasteiger partial charge in [-0.2, -0.15) is 3.21 Å². The fraction of sp³-hybridized carbons (Fsp3) is 0. The fourth-order valence-corrected chi connectivity index (χ4v) is 1.73. The van der Waals surface area contributed by atoms with E-state index in [2.05, 4.69) is 14.8 Å². The van der Waals surface area contributed by atoms with Crippen molar-refractivity contribution in [3.63, 3.8) is 0 Å². The van der Waals surface area contributed by atoms with E-state index in [0.717, 1.165) is 10.7 Å². The summed E-state index contributed by atoms with van der Waals surface area (Å²) in [7, 11) is 0. The molecule has 10 heavy (non-hydrogen) atoms. The first-order valence-electron chi connectivity index (χ1n) is 2.59. The van der Waals surface area contributed by atoms with Gasteiger partial charge in [0.2, 0.25) is 0 Å². The van der Waals surface area contributed by atoms with E-state index in [1.54, 1.807) is 23.4 Å². The van der Waals surface area contributed by atoms with Crippen LogP contribution in [0.3, 0.4) is 0 Å². The summed E-state index contributed by atoms with van der Waals surface area (Å²) in [4.78, 5) is 5.08. The van der Waals surface area contributed by atoms with Crippen LogP contribution in [0.15, 0.2) is 31.8 Å². The Hall–Kier alpha value is -0.100. The summed E-state index contributed by atoms with van der Waals surface area (Å²) < 4.78 is 3.94. The second kappa shape index (κ2) is 3.92. The van der Waals surface area contributed by atoms with Crippen LogP contribution in [0.1, 0.15) is 0 Å². The van der Waals surface area contributed by atoms with Gasteiger partial charge in [-0.3, -0.25) is 0 Å². The van der Waals surface area contributed by atoms with Crippen LogP contribution >= 0.6 is 34.6 Å². The maximum atomic E-state index is 4.02. The van der Waals surface area contributed by atoms with Crippen molar-refractivity contribution in [3.05, 3.63) is 23.6 Å². The first kappa shape index (κ1) is 8.00. The minimum atomic E-state index is 0.783. The Morgan fingerprint density at radius 2 is 2.60 bits per heavy atom. The number of aliphatic imine (C=N–C) groups is 1. The van der Waals surface area contributed by atoms with E-state index in [-0.39, 0.29) is 0 Å². The number of hydrogen-bond acceptors (Lipinski definition) is 2. The minimum absolute atomic E-state index is 0.783. The lowest BCUT2D eigenvalue weighted by atomic mass is 10.4. The molecule has 4 heteroatoms. The normalized spacial score (nSPS) is 24.5. The molecule has 1 aliphatic rings. The van der Waals surface area contributed by atoms with Gasteiger partial charge in [0, 0.05) is 0 Å². The van der Waals surface area contributed by atoms with E-state index in [0.29, 0.717) is 0 Å². The molecule has 0 radical (unpaired) electrons. The topological polar surface area (TPSA) is 24.7 Å². The molecule has 0 bridgehead atoms. The highest BCUT2D eigenvalue weighted by atomic mass is 127. The maximum absolute atomic E-state index is 4.02. The lowest BCUT2D eigenvalue weighted by molar-refractivity contribution is 1.71. The summed E-state index contributed by atoms with van der Waals surface area (Å²) in [6.45, 7) is 3.59. The van der Waals surface area contributed by atoms with Crippen LogP contribution in [-0.4, -0.2) is 11.4 Å². The lowest BCUT2D eigenvalue weighted by Crippen LogP contribution is -1.86. The largest absolute Gasteiger partial charge is 0.228 e. The molecule has 0 fully saturated rings. The highest BCUT2D eigenvalue weighted by Crippen LogP contribution is 2.22. The van der Waals surface area contributed by atoms with E-state index >= 15 is 0 Å². The van der Waals surface area contributed by atoms with Gasteiger partial charge in [0.25, 0.3) is 0 Å². The van der Waals surface area contributed by atoms with E-state index in [1.165, 1.54) is 0 Å². The molecule has 0 aromatic carbocycles. The van der Waals surface area contributed by atoms with Crippen molar-refractivity contribution in [3.8, 4) is 0 Å². The zero-order chi connectivity index (χ0) is 7.40. The number of allylic oxidation sites excluding steroid dienone is 2. The number of thioether (sulfide) groups is 1. The first-order chi connectivity index (χ1) is 4.88. The van der Waals surface area contributed by atoms with Gasteiger partial charge in [0.15, 0.2) is 5.84 Å². The minimum Gasteiger partial charge on any atom is -0.228 e. The highest BCUT2D eigenvalue weighted by molar-refractivity contribution is 14.1. The predicted octanol–water partition coefficient (Wildman–Crippen LogP) is 2.58. The summed E-state index contributed by atoms with van der Waals surface area (Å²) in [6.07, 6.45) is 3.63. The Morgan fingerprint density at radius 3 is 3.20 bits per heavy atom. The SMILES string of the molecule is C=C/C=C1/SC=NC1=NI. The van der Waals surface area contributed by atoms with Crippen LogP contribution in [-0.2, 0) is 0 Å². The van der Waals surface area contributed by atoms with Crippen LogP contribution in [0.25, 0.3) is 0 Å². The summed E-state index contributed by atoms with van der Waals surface area (Å²) in [6, 6.07) is 0. The number of hydrogen-bond donors (Lipinski definition) is 0. The van der Waals surface area contributed by atoms with Crippen molar-refractivity contribution >= 4 is 46.0 Å². The second-order valence-electron chi connectivity index (χ2n) is 1.53. The van der Waals surface area contributed by atoms with Crippen molar-refractivity contribution < 1.29 is 0 Å². The number of amidine groups is 1. The average molecular weight is 264 g/mol. The number of nitrogens with zero attached hydrogens (tertiary/aromatic N) is 2. The Bertz CT molecular complexity index is 230. The molecule has 0 saturated carbocycles. The van der Waals surface area contributed by atoms with Gasteiger partial charge in [-0.1, -0.05) is 24.4 Å². The van der Waals surface area contributed by atoms with Crippen LogP contribution in [0.4, 0.5) is 0 Å². The first-order valence-corrected chi connectivity index (χ1v) is 4.44. The van der Waals surface area contributed by atoms with E-state index in [1.807, 2.05) is 28.9 Å². The molecular formula is C6H5IN2S. The fourth-order valence-electron chi connectivity index (χ4n) is 0.534. The van der Waals surface area contributed by atoms with Crippen molar-refractivity contribution in [1.82, 2.24) is 0 Å². The molecule has 2 nitrogen and oxygen atoms in total. The zero-order valence-electron chi connectivity index (χ0n) is 5.12. The summed E-state index contributed by atoms with van der Waals surface area (Å²) in [5, 5.41) is 0. The molecule has 0 aromatic heterocycles. The average Bonchev–Trinajstić information content (AvgIpc) is 2.36. The molecule has 1 rings (SSSR count). The van der Waals surface area contributed by atoms with Gasteiger partial charge >= 0.3 is 0 Å². The molecule has 0 aliphatic carbocycles. The van der Waals surface area contributed by atoms with Crippen LogP contribution in [0.5, 0.6) is 0 Å². The molecule has 0 unspecified atom stereocenters. The Balaban J connectivity index is 2.84. The summed E-state index contributed by atoms with van der Waals surface area (Å²) in [5.74, 6) is 0.783. The Kier molecular flexibility index (Phi) is 3.14. The molecule has 0 N–H and O–H groups in total. The van der Waals surface area contributed by atoms with Crippen molar-refractivity contribution in [1.29, 1.82) is 0 Å². The van der Waals surface area contributed by atoms with Crippen LogP contribution in [0, 0.1) is 0 Å². The van der Waals surface area contributed by atoms with Gasteiger partial charge in [-0.15, -0.1) is 0 Å². The van der Waals surface area contributed by atoms with Gasteiger partial charge < -0.3 is 0 Å². The Morgan fingerprint density at radius 1 is 1.80 bits per heavy atom. The molecule has 0 atom stereocenters. The lowest BCUT2D eigenvalue weighted by Gasteiger charge is -1.89. The molecular weight excluding hydrogens is 259 g/mol. The standard InChI is InChI=1S/C6H5IN2S/c1-2-3-5-6(9-7)8-4-10-5/h2-4H,1H2/b5-3+,9-6?. The highest BCUT2D eigenvalue weighted by Gasteiger charge is 2.09. The smallest absolute Gasteiger partial charge is 0.172 e. The van der Waals surface area contributed by atoms with Gasteiger partial charge in [-0.05, 0) is 6.08 Å². The third-order valence-corrected chi connectivity index (χ3v) is 2.16. The third-order valence-electron chi connectivity index (χ3n) is 0.924. The molecule has 0 aromatic rings. The number of halogens is 1. The second-order valence-corrected chi connectivity index (χ2v) is 2.90. The zero-order valence-corrected chi connectivity index (χ0v) is 8.09. The van der Waals surface area contributed by atoms with Crippen molar-refractivity contribution in [2.24, 2.45) is 8.20 Å². The van der Waals surface area contributed by atoms with Crippen LogP contribution < -0.4 is 0 Å². The predicted molar refractivity (Wildman–Crippen MR) is 55.8 cm³/mol. The van der Waals surface area contributed by atoms with E-state index in [4.69, 9.17) is 0 Å². The maximum Gasteiger partial charge on any atom is 0.172 e. The van der Waals surface area contributed by atoms with E-state index in [9.17, 15) is 0 Å². The monoisotopic (exact) mass is 264 g/mol. The molecule has 0 saturated heterocycles.